The third-order valence-corrected chi connectivity index (χ3v) is 7.42. The van der Waals surface area contributed by atoms with Crippen LogP contribution in [-0.2, 0) is 14.3 Å². The van der Waals surface area contributed by atoms with Gasteiger partial charge in [0.25, 0.3) is 10.1 Å². The standard InChI is InChI=1S/C24H49FO3S.C5H5N/c1-2-3-4-5-6-7-8-9-11-14-17-20-23-28-29(26,27)24-21-18-15-12-10-13-16-19-22-25;1-2-4-6-5-3-1/h2-24H2,1H3;1-5H. The van der Waals surface area contributed by atoms with Crippen molar-refractivity contribution in [2.75, 3.05) is 19.0 Å². The molecule has 0 saturated carbocycles. The van der Waals surface area contributed by atoms with Crippen LogP contribution in [0.25, 0.3) is 0 Å². The third kappa shape index (κ3) is 29.1. The molecule has 0 aliphatic rings. The maximum atomic E-state index is 12.0. The van der Waals surface area contributed by atoms with Gasteiger partial charge in [-0.3, -0.25) is 13.6 Å². The van der Waals surface area contributed by atoms with E-state index < -0.39 is 10.1 Å². The van der Waals surface area contributed by atoms with Crippen molar-refractivity contribution in [1.82, 2.24) is 4.98 Å². The molecule has 0 saturated heterocycles. The molecule has 0 aliphatic heterocycles. The van der Waals surface area contributed by atoms with Gasteiger partial charge in [0, 0.05) is 12.4 Å². The number of rotatable bonds is 24. The molecule has 0 unspecified atom stereocenters. The van der Waals surface area contributed by atoms with Crippen molar-refractivity contribution in [1.29, 1.82) is 0 Å². The van der Waals surface area contributed by atoms with E-state index in [0.717, 1.165) is 51.4 Å². The van der Waals surface area contributed by atoms with E-state index in [1.807, 2.05) is 18.2 Å². The lowest BCUT2D eigenvalue weighted by molar-refractivity contribution is 0.305. The van der Waals surface area contributed by atoms with Crippen LogP contribution in [0.2, 0.25) is 0 Å². The molecule has 0 aliphatic carbocycles. The minimum atomic E-state index is -3.34. The van der Waals surface area contributed by atoms with Crippen molar-refractivity contribution < 1.29 is 17.0 Å². The van der Waals surface area contributed by atoms with Crippen LogP contribution in [0.4, 0.5) is 4.39 Å². The van der Waals surface area contributed by atoms with Crippen LogP contribution in [0, 0.1) is 0 Å². The molecule has 1 heterocycles. The van der Waals surface area contributed by atoms with E-state index in [4.69, 9.17) is 4.18 Å². The Hall–Kier alpha value is -1.01. The fourth-order valence-electron chi connectivity index (χ4n) is 3.93. The van der Waals surface area contributed by atoms with E-state index in [1.54, 1.807) is 12.4 Å². The Morgan fingerprint density at radius 1 is 0.600 bits per heavy atom. The Balaban J connectivity index is 0.00000166. The molecule has 4 nitrogen and oxygen atoms in total. The number of pyridine rings is 1. The summed E-state index contributed by atoms with van der Waals surface area (Å²) in [6, 6.07) is 5.72. The molecule has 0 N–H and O–H groups in total. The Labute approximate surface area is 217 Å². The van der Waals surface area contributed by atoms with Crippen LogP contribution in [0.3, 0.4) is 0 Å². The summed E-state index contributed by atoms with van der Waals surface area (Å²) in [5.74, 6) is 0.146. The van der Waals surface area contributed by atoms with Gasteiger partial charge in [-0.25, -0.2) is 0 Å². The van der Waals surface area contributed by atoms with E-state index >= 15 is 0 Å². The summed E-state index contributed by atoms with van der Waals surface area (Å²) in [6.07, 6.45) is 26.4. The van der Waals surface area contributed by atoms with Crippen LogP contribution >= 0.6 is 0 Å². The Kier molecular flexibility index (Phi) is 26.8. The highest BCUT2D eigenvalue weighted by Gasteiger charge is 2.10. The molecule has 0 aromatic carbocycles. The molecule has 0 atom stereocenters. The van der Waals surface area contributed by atoms with Crippen molar-refractivity contribution in [2.45, 2.75) is 135 Å². The second-order valence-electron chi connectivity index (χ2n) is 9.51. The van der Waals surface area contributed by atoms with Gasteiger partial charge in [-0.2, -0.15) is 8.42 Å². The Morgan fingerprint density at radius 3 is 1.43 bits per heavy atom. The molecule has 35 heavy (non-hydrogen) atoms. The van der Waals surface area contributed by atoms with Crippen molar-refractivity contribution >= 4 is 10.1 Å². The molecular formula is C29H54FNO3S. The molecule has 0 radical (unpaired) electrons. The molecule has 0 bridgehead atoms. The summed E-state index contributed by atoms with van der Waals surface area (Å²) in [5, 5.41) is 0. The van der Waals surface area contributed by atoms with E-state index in [2.05, 4.69) is 11.9 Å². The monoisotopic (exact) mass is 515 g/mol. The van der Waals surface area contributed by atoms with Crippen LogP contribution in [0.1, 0.15) is 135 Å². The number of nitrogens with zero attached hydrogens (tertiary/aromatic N) is 1. The summed E-state index contributed by atoms with van der Waals surface area (Å²) in [6.45, 7) is 2.38. The number of hydrogen-bond acceptors (Lipinski definition) is 4. The van der Waals surface area contributed by atoms with Crippen molar-refractivity contribution in [2.24, 2.45) is 0 Å². The average molecular weight is 516 g/mol. The van der Waals surface area contributed by atoms with Crippen LogP contribution < -0.4 is 0 Å². The fraction of sp³-hybridized carbons (Fsp3) is 0.828. The zero-order valence-corrected chi connectivity index (χ0v) is 23.4. The minimum Gasteiger partial charge on any atom is -0.270 e. The highest BCUT2D eigenvalue weighted by molar-refractivity contribution is 7.86. The van der Waals surface area contributed by atoms with Crippen LogP contribution in [-0.4, -0.2) is 32.4 Å². The predicted molar refractivity (Wildman–Crippen MR) is 148 cm³/mol. The number of hydrogen-bond donors (Lipinski definition) is 0. The molecule has 6 heteroatoms. The summed E-state index contributed by atoms with van der Waals surface area (Å²) in [5.41, 5.74) is 0. The first-order chi connectivity index (χ1) is 17.1. The number of aromatic nitrogens is 1. The molecule has 0 fully saturated rings. The van der Waals surface area contributed by atoms with Crippen LogP contribution in [0.15, 0.2) is 30.6 Å². The van der Waals surface area contributed by atoms with E-state index in [1.165, 1.54) is 64.2 Å². The first-order valence-corrected chi connectivity index (χ1v) is 16.0. The minimum absolute atomic E-state index is 0.146. The Bertz CT molecular complexity index is 587. The van der Waals surface area contributed by atoms with Gasteiger partial charge in [0.2, 0.25) is 0 Å². The van der Waals surface area contributed by atoms with Gasteiger partial charge >= 0.3 is 0 Å². The van der Waals surface area contributed by atoms with Crippen LogP contribution in [0.5, 0.6) is 0 Å². The smallest absolute Gasteiger partial charge is 0.267 e. The number of alkyl halides is 1. The number of unbranched alkanes of at least 4 members (excludes halogenated alkanes) is 18. The lowest BCUT2D eigenvalue weighted by Crippen LogP contribution is -2.11. The van der Waals surface area contributed by atoms with Gasteiger partial charge in [0.1, 0.15) is 0 Å². The predicted octanol–water partition coefficient (Wildman–Crippen LogP) is 9.21. The van der Waals surface area contributed by atoms with Gasteiger partial charge in [-0.1, -0.05) is 122 Å². The molecule has 0 amide bonds. The molecule has 1 aromatic rings. The van der Waals surface area contributed by atoms with Gasteiger partial charge in [-0.05, 0) is 31.4 Å². The molecule has 1 aromatic heterocycles. The maximum absolute atomic E-state index is 12.0. The molecular weight excluding hydrogens is 461 g/mol. The van der Waals surface area contributed by atoms with Gasteiger partial charge in [-0.15, -0.1) is 0 Å². The van der Waals surface area contributed by atoms with Gasteiger partial charge in [0.05, 0.1) is 19.0 Å². The van der Waals surface area contributed by atoms with Crippen molar-refractivity contribution in [3.05, 3.63) is 30.6 Å². The number of halogens is 1. The third-order valence-electron chi connectivity index (χ3n) is 6.11. The summed E-state index contributed by atoms with van der Waals surface area (Å²) in [7, 11) is -3.34. The normalized spacial score (nSPS) is 11.3. The highest BCUT2D eigenvalue weighted by Crippen LogP contribution is 2.13. The summed E-state index contributed by atoms with van der Waals surface area (Å²) < 4.78 is 40.9. The van der Waals surface area contributed by atoms with Crippen molar-refractivity contribution in [3.63, 3.8) is 0 Å². The maximum Gasteiger partial charge on any atom is 0.267 e. The zero-order valence-electron chi connectivity index (χ0n) is 22.6. The lowest BCUT2D eigenvalue weighted by atomic mass is 10.1. The quantitative estimate of drug-likeness (QED) is 0.102. The Morgan fingerprint density at radius 2 is 1.03 bits per heavy atom. The largest absolute Gasteiger partial charge is 0.270 e. The topological polar surface area (TPSA) is 56.3 Å². The van der Waals surface area contributed by atoms with E-state index in [-0.39, 0.29) is 12.4 Å². The van der Waals surface area contributed by atoms with Gasteiger partial charge < -0.3 is 0 Å². The zero-order chi connectivity index (χ0) is 25.7. The SMILES string of the molecule is CCCCCCCCCCCCCCOS(=O)(=O)CCCCCCCCCCF.c1ccncc1. The van der Waals surface area contributed by atoms with Crippen molar-refractivity contribution in [3.8, 4) is 0 Å². The van der Waals surface area contributed by atoms with E-state index in [0.29, 0.717) is 19.4 Å². The fourth-order valence-corrected chi connectivity index (χ4v) is 4.98. The second-order valence-corrected chi connectivity index (χ2v) is 11.3. The average Bonchev–Trinajstić information content (AvgIpc) is 2.87. The molecule has 0 spiro atoms. The first kappa shape index (κ1) is 34.0. The molecule has 206 valence electrons. The summed E-state index contributed by atoms with van der Waals surface area (Å²) in [4.78, 5) is 3.78. The first-order valence-electron chi connectivity index (χ1n) is 14.4. The van der Waals surface area contributed by atoms with Gasteiger partial charge in [0.15, 0.2) is 0 Å². The summed E-state index contributed by atoms with van der Waals surface area (Å²) >= 11 is 0. The highest BCUT2D eigenvalue weighted by atomic mass is 32.2. The van der Waals surface area contributed by atoms with E-state index in [9.17, 15) is 12.8 Å². The second kappa shape index (κ2) is 27.6. The molecule has 1 rings (SSSR count). The lowest BCUT2D eigenvalue weighted by Gasteiger charge is -2.06.